The fourth-order valence-corrected chi connectivity index (χ4v) is 1.03. The molecule has 0 aliphatic rings. The smallest absolute Gasteiger partial charge is 0.116 e. The third-order valence-electron chi connectivity index (χ3n) is 1.72. The number of hydrogen-bond acceptors (Lipinski definition) is 3. The van der Waals surface area contributed by atoms with Crippen LogP contribution in [0.2, 0.25) is 0 Å². The number of hydrogen-bond donors (Lipinski definition) is 0. The normalized spacial score (nSPS) is 12.0. The van der Waals surface area contributed by atoms with Gasteiger partial charge in [0, 0.05) is 24.5 Å². The molecule has 1 rings (SSSR count). The molecular weight excluding hydrogens is 174 g/mol. The maximum Gasteiger partial charge on any atom is 0.116 e. The van der Waals surface area contributed by atoms with E-state index < -0.39 is 0 Å². The lowest BCUT2D eigenvalue weighted by Crippen LogP contribution is -1.90. The number of nitrogens with zero attached hydrogens (tertiary/aromatic N) is 3. The van der Waals surface area contributed by atoms with Crippen molar-refractivity contribution in [1.29, 1.82) is 0 Å². The van der Waals surface area contributed by atoms with Crippen molar-refractivity contribution >= 4 is 11.8 Å². The van der Waals surface area contributed by atoms with Crippen LogP contribution in [0.5, 0.6) is 0 Å². The first kappa shape index (κ1) is 10.3. The van der Waals surface area contributed by atoms with Crippen LogP contribution < -0.4 is 0 Å². The number of allylic oxidation sites excluding steroid dienone is 3. The van der Waals surface area contributed by atoms with E-state index in [0.717, 1.165) is 17.0 Å². The lowest BCUT2D eigenvalue weighted by molar-refractivity contribution is 1.08. The molecule has 0 aliphatic heterocycles. The predicted octanol–water partition coefficient (Wildman–Crippen LogP) is 2.06. The average Bonchev–Trinajstić information content (AvgIpc) is 2.19. The van der Waals surface area contributed by atoms with E-state index in [1.807, 2.05) is 19.1 Å². The van der Waals surface area contributed by atoms with Gasteiger partial charge in [-0.05, 0) is 19.1 Å². The van der Waals surface area contributed by atoms with E-state index in [4.69, 9.17) is 0 Å². The van der Waals surface area contributed by atoms with E-state index in [1.165, 1.54) is 0 Å². The molecule has 14 heavy (non-hydrogen) atoms. The second kappa shape index (κ2) is 5.07. The summed E-state index contributed by atoms with van der Waals surface area (Å²) in [5.74, 6) is 0. The summed E-state index contributed by atoms with van der Waals surface area (Å²) in [5.41, 5.74) is 2.75. The molecule has 3 nitrogen and oxygen atoms in total. The zero-order valence-electron chi connectivity index (χ0n) is 8.44. The van der Waals surface area contributed by atoms with Crippen LogP contribution in [0.3, 0.4) is 0 Å². The van der Waals surface area contributed by atoms with Gasteiger partial charge in [-0.15, -0.1) is 0 Å². The Bertz CT molecular complexity index is 378. The molecule has 0 fully saturated rings. The van der Waals surface area contributed by atoms with E-state index >= 15 is 0 Å². The van der Waals surface area contributed by atoms with Gasteiger partial charge in [0.2, 0.25) is 0 Å². The molecule has 0 unspecified atom stereocenters. The largest absolute Gasteiger partial charge is 0.296 e. The Balaban J connectivity index is 3.06. The van der Waals surface area contributed by atoms with Crippen LogP contribution >= 0.6 is 0 Å². The van der Waals surface area contributed by atoms with Crippen molar-refractivity contribution in [3.63, 3.8) is 0 Å². The number of aliphatic imine (C=N–C) groups is 1. The maximum atomic E-state index is 4.15. The highest BCUT2D eigenvalue weighted by atomic mass is 14.8. The Hall–Kier alpha value is -1.77. The molecule has 0 aliphatic carbocycles. The zero-order chi connectivity index (χ0) is 10.4. The third-order valence-corrected chi connectivity index (χ3v) is 1.72. The third kappa shape index (κ3) is 2.62. The van der Waals surface area contributed by atoms with Gasteiger partial charge in [-0.2, -0.15) is 0 Å². The van der Waals surface area contributed by atoms with Crippen molar-refractivity contribution in [2.45, 2.75) is 6.92 Å². The quantitative estimate of drug-likeness (QED) is 0.536. The minimum absolute atomic E-state index is 0.868. The van der Waals surface area contributed by atoms with Crippen LogP contribution in [0.4, 0.5) is 0 Å². The van der Waals surface area contributed by atoms with Crippen LogP contribution in [0.1, 0.15) is 11.4 Å². The molecule has 3 heteroatoms. The summed E-state index contributed by atoms with van der Waals surface area (Å²) >= 11 is 0. The molecule has 1 heterocycles. The zero-order valence-corrected chi connectivity index (χ0v) is 8.44. The first-order valence-electron chi connectivity index (χ1n) is 4.32. The molecule has 0 amide bonds. The van der Waals surface area contributed by atoms with Gasteiger partial charge in [-0.1, -0.05) is 12.7 Å². The van der Waals surface area contributed by atoms with Crippen LogP contribution in [-0.2, 0) is 0 Å². The summed E-state index contributed by atoms with van der Waals surface area (Å²) in [6.07, 6.45) is 6.89. The molecule has 0 aromatic carbocycles. The monoisotopic (exact) mass is 187 g/mol. The van der Waals surface area contributed by atoms with Crippen LogP contribution in [-0.4, -0.2) is 23.2 Å². The van der Waals surface area contributed by atoms with E-state index in [2.05, 4.69) is 21.5 Å². The first-order chi connectivity index (χ1) is 6.77. The molecule has 0 radical (unpaired) electrons. The van der Waals surface area contributed by atoms with Crippen molar-refractivity contribution in [1.82, 2.24) is 9.97 Å². The van der Waals surface area contributed by atoms with Gasteiger partial charge in [0.25, 0.3) is 0 Å². The summed E-state index contributed by atoms with van der Waals surface area (Å²) < 4.78 is 0. The first-order valence-corrected chi connectivity index (χ1v) is 4.32. The molecule has 1 aromatic heterocycles. The minimum atomic E-state index is 0.868. The Morgan fingerprint density at radius 1 is 1.50 bits per heavy atom. The van der Waals surface area contributed by atoms with E-state index in [-0.39, 0.29) is 0 Å². The standard InChI is InChI=1S/C11H13N3/c1-4-10(5-6-12-3)11-7-9(2)13-8-14-11/h4-8H,1H2,2-3H3/b10-5+,12-6?. The van der Waals surface area contributed by atoms with Crippen LogP contribution in [0, 0.1) is 6.92 Å². The van der Waals surface area contributed by atoms with E-state index in [9.17, 15) is 0 Å². The molecular formula is C11H13N3. The fraction of sp³-hybridized carbons (Fsp3) is 0.182. The summed E-state index contributed by atoms with van der Waals surface area (Å²) in [4.78, 5) is 12.1. The van der Waals surface area contributed by atoms with Crippen molar-refractivity contribution in [2.75, 3.05) is 7.05 Å². The second-order valence-corrected chi connectivity index (χ2v) is 2.78. The Labute approximate surface area is 83.9 Å². The molecule has 0 N–H and O–H groups in total. The molecule has 0 bridgehead atoms. The maximum absolute atomic E-state index is 4.15. The highest BCUT2D eigenvalue weighted by Gasteiger charge is 1.98. The molecule has 0 saturated carbocycles. The average molecular weight is 187 g/mol. The van der Waals surface area contributed by atoms with Gasteiger partial charge >= 0.3 is 0 Å². The van der Waals surface area contributed by atoms with Crippen LogP contribution in [0.15, 0.2) is 36.1 Å². The molecule has 72 valence electrons. The Kier molecular flexibility index (Phi) is 3.73. The van der Waals surface area contributed by atoms with Gasteiger partial charge in [-0.25, -0.2) is 9.97 Å². The van der Waals surface area contributed by atoms with Crippen molar-refractivity contribution in [2.24, 2.45) is 4.99 Å². The fourth-order valence-electron chi connectivity index (χ4n) is 1.03. The predicted molar refractivity (Wildman–Crippen MR) is 59.4 cm³/mol. The number of aryl methyl sites for hydroxylation is 1. The lowest BCUT2D eigenvalue weighted by Gasteiger charge is -2.00. The van der Waals surface area contributed by atoms with Gasteiger partial charge < -0.3 is 0 Å². The summed E-state index contributed by atoms with van der Waals surface area (Å²) in [7, 11) is 1.72. The van der Waals surface area contributed by atoms with E-state index in [0.29, 0.717) is 0 Å². The Morgan fingerprint density at radius 3 is 2.86 bits per heavy atom. The van der Waals surface area contributed by atoms with Gasteiger partial charge in [0.15, 0.2) is 0 Å². The highest BCUT2D eigenvalue weighted by Crippen LogP contribution is 2.11. The molecule has 0 spiro atoms. The van der Waals surface area contributed by atoms with Crippen molar-refractivity contribution < 1.29 is 0 Å². The number of aromatic nitrogens is 2. The summed E-state index contributed by atoms with van der Waals surface area (Å²) in [5, 5.41) is 0. The summed E-state index contributed by atoms with van der Waals surface area (Å²) in [6.45, 7) is 5.66. The summed E-state index contributed by atoms with van der Waals surface area (Å²) in [6, 6.07) is 1.91. The molecule has 1 aromatic rings. The SMILES string of the molecule is C=C/C(=C\C=NC)c1cc(C)ncn1. The number of rotatable bonds is 3. The van der Waals surface area contributed by atoms with Crippen molar-refractivity contribution in [3.05, 3.63) is 42.5 Å². The van der Waals surface area contributed by atoms with Crippen molar-refractivity contribution in [3.8, 4) is 0 Å². The minimum Gasteiger partial charge on any atom is -0.296 e. The van der Waals surface area contributed by atoms with Gasteiger partial charge in [0.05, 0.1) is 5.69 Å². The topological polar surface area (TPSA) is 38.1 Å². The lowest BCUT2D eigenvalue weighted by atomic mass is 10.1. The van der Waals surface area contributed by atoms with E-state index in [1.54, 1.807) is 25.7 Å². The van der Waals surface area contributed by atoms with Gasteiger partial charge in [0.1, 0.15) is 6.33 Å². The Morgan fingerprint density at radius 2 is 2.29 bits per heavy atom. The van der Waals surface area contributed by atoms with Gasteiger partial charge in [-0.3, -0.25) is 4.99 Å². The second-order valence-electron chi connectivity index (χ2n) is 2.78. The molecule has 0 saturated heterocycles. The van der Waals surface area contributed by atoms with Crippen LogP contribution in [0.25, 0.3) is 5.57 Å². The molecule has 0 atom stereocenters. The highest BCUT2D eigenvalue weighted by molar-refractivity contribution is 5.87.